The molecule has 1 rings (SSSR count). The first kappa shape index (κ1) is 20.3. The van der Waals surface area contributed by atoms with Gasteiger partial charge < -0.3 is 14.8 Å². The van der Waals surface area contributed by atoms with Crippen LogP contribution in [0.4, 0.5) is 0 Å². The summed E-state index contributed by atoms with van der Waals surface area (Å²) in [5.74, 6) is 1.48. The summed E-state index contributed by atoms with van der Waals surface area (Å²) in [4.78, 5) is 14.4. The second-order valence-corrected chi connectivity index (χ2v) is 6.46. The van der Waals surface area contributed by atoms with Gasteiger partial charge in [0, 0.05) is 31.6 Å². The maximum absolute atomic E-state index is 12.0. The van der Waals surface area contributed by atoms with Gasteiger partial charge in [-0.05, 0) is 51.8 Å². The Morgan fingerprint density at radius 1 is 1.08 bits per heavy atom. The second-order valence-electron chi connectivity index (χ2n) is 6.46. The Balaban J connectivity index is 2.41. The van der Waals surface area contributed by atoms with Crippen molar-refractivity contribution in [2.45, 2.75) is 52.6 Å². The number of rotatable bonds is 10. The van der Waals surface area contributed by atoms with E-state index in [-0.39, 0.29) is 5.91 Å². The molecule has 5 heteroatoms. The number of aryl methyl sites for hydroxylation is 1. The number of amides is 1. The molecule has 1 N–H and O–H groups in total. The minimum Gasteiger partial charge on any atom is -0.493 e. The van der Waals surface area contributed by atoms with Crippen LogP contribution in [0.15, 0.2) is 18.2 Å². The maximum atomic E-state index is 12.0. The standard InChI is InChI=1S/C19H32N2O3/c1-14(2)21(15(3)4)12-11-20-19(22)10-8-16-7-9-17(23-5)18(13-16)24-6/h7,9,13-15H,8,10-12H2,1-6H3,(H,20,22). The fraction of sp³-hybridized carbons (Fsp3) is 0.632. The molecule has 0 radical (unpaired) electrons. The summed E-state index contributed by atoms with van der Waals surface area (Å²) >= 11 is 0. The van der Waals surface area contributed by atoms with Gasteiger partial charge in [0.05, 0.1) is 14.2 Å². The molecule has 0 bridgehead atoms. The molecular formula is C19H32N2O3. The van der Waals surface area contributed by atoms with E-state index in [0.29, 0.717) is 43.0 Å². The first-order valence-electron chi connectivity index (χ1n) is 8.62. The van der Waals surface area contributed by atoms with Gasteiger partial charge in [-0.25, -0.2) is 0 Å². The quantitative estimate of drug-likeness (QED) is 0.714. The molecule has 1 aromatic rings. The zero-order valence-electron chi connectivity index (χ0n) is 15.9. The van der Waals surface area contributed by atoms with Crippen LogP contribution in [0.2, 0.25) is 0 Å². The van der Waals surface area contributed by atoms with Gasteiger partial charge in [-0.15, -0.1) is 0 Å². The van der Waals surface area contributed by atoms with Crippen LogP contribution in [0.3, 0.4) is 0 Å². The van der Waals surface area contributed by atoms with Crippen molar-refractivity contribution in [2.75, 3.05) is 27.3 Å². The number of benzene rings is 1. The van der Waals surface area contributed by atoms with Crippen molar-refractivity contribution in [3.05, 3.63) is 23.8 Å². The lowest BCUT2D eigenvalue weighted by Crippen LogP contribution is -2.42. The van der Waals surface area contributed by atoms with Crippen molar-refractivity contribution in [1.82, 2.24) is 10.2 Å². The zero-order valence-corrected chi connectivity index (χ0v) is 15.9. The molecule has 0 heterocycles. The number of methoxy groups -OCH3 is 2. The molecule has 0 aliphatic carbocycles. The average molecular weight is 336 g/mol. The smallest absolute Gasteiger partial charge is 0.220 e. The van der Waals surface area contributed by atoms with Gasteiger partial charge in [0.2, 0.25) is 5.91 Å². The molecule has 0 saturated heterocycles. The van der Waals surface area contributed by atoms with Crippen LogP contribution in [0.1, 0.15) is 39.7 Å². The lowest BCUT2D eigenvalue weighted by molar-refractivity contribution is -0.121. The third kappa shape index (κ3) is 6.40. The Morgan fingerprint density at radius 3 is 2.25 bits per heavy atom. The molecule has 1 aromatic carbocycles. The van der Waals surface area contributed by atoms with E-state index in [9.17, 15) is 4.79 Å². The monoisotopic (exact) mass is 336 g/mol. The Kier molecular flexibility index (Phi) is 8.61. The number of carbonyl (C=O) groups excluding carboxylic acids is 1. The largest absolute Gasteiger partial charge is 0.493 e. The van der Waals surface area contributed by atoms with Gasteiger partial charge in [0.1, 0.15) is 0 Å². The molecule has 1 amide bonds. The van der Waals surface area contributed by atoms with Crippen LogP contribution in [0.25, 0.3) is 0 Å². The highest BCUT2D eigenvalue weighted by Crippen LogP contribution is 2.27. The van der Waals surface area contributed by atoms with Crippen LogP contribution in [-0.2, 0) is 11.2 Å². The number of ether oxygens (including phenoxy) is 2. The van der Waals surface area contributed by atoms with Gasteiger partial charge in [-0.3, -0.25) is 9.69 Å². The van der Waals surface area contributed by atoms with Gasteiger partial charge in [0.25, 0.3) is 0 Å². The Morgan fingerprint density at radius 2 is 1.71 bits per heavy atom. The number of nitrogens with one attached hydrogen (secondary N) is 1. The number of carbonyl (C=O) groups is 1. The SMILES string of the molecule is COc1ccc(CCC(=O)NCCN(C(C)C)C(C)C)cc1OC. The van der Waals surface area contributed by atoms with E-state index in [2.05, 4.69) is 37.9 Å². The second kappa shape index (κ2) is 10.2. The first-order valence-corrected chi connectivity index (χ1v) is 8.62. The van der Waals surface area contributed by atoms with Crippen molar-refractivity contribution >= 4 is 5.91 Å². The summed E-state index contributed by atoms with van der Waals surface area (Å²) < 4.78 is 10.5. The van der Waals surface area contributed by atoms with Crippen LogP contribution in [0.5, 0.6) is 11.5 Å². The summed E-state index contributed by atoms with van der Waals surface area (Å²) in [6, 6.07) is 6.72. The summed E-state index contributed by atoms with van der Waals surface area (Å²) in [5, 5.41) is 3.01. The van der Waals surface area contributed by atoms with Gasteiger partial charge in [-0.2, -0.15) is 0 Å². The number of hydrogen-bond acceptors (Lipinski definition) is 4. The van der Waals surface area contributed by atoms with Crippen LogP contribution in [0, 0.1) is 0 Å². The highest BCUT2D eigenvalue weighted by molar-refractivity contribution is 5.76. The van der Waals surface area contributed by atoms with Crippen LogP contribution >= 0.6 is 0 Å². The predicted molar refractivity (Wildman–Crippen MR) is 97.9 cm³/mol. The fourth-order valence-electron chi connectivity index (χ4n) is 2.82. The van der Waals surface area contributed by atoms with Gasteiger partial charge in [-0.1, -0.05) is 6.07 Å². The normalized spacial score (nSPS) is 11.2. The summed E-state index contributed by atoms with van der Waals surface area (Å²) in [6.45, 7) is 10.3. The lowest BCUT2D eigenvalue weighted by Gasteiger charge is -2.30. The topological polar surface area (TPSA) is 50.8 Å². The highest BCUT2D eigenvalue weighted by atomic mass is 16.5. The molecule has 0 saturated carbocycles. The van der Waals surface area contributed by atoms with E-state index >= 15 is 0 Å². The molecule has 0 unspecified atom stereocenters. The van der Waals surface area contributed by atoms with Crippen molar-refractivity contribution in [2.24, 2.45) is 0 Å². The fourth-order valence-corrected chi connectivity index (χ4v) is 2.82. The summed E-state index contributed by atoms with van der Waals surface area (Å²) in [5.41, 5.74) is 1.06. The minimum atomic E-state index is 0.0808. The van der Waals surface area contributed by atoms with Crippen molar-refractivity contribution in [3.8, 4) is 11.5 Å². The predicted octanol–water partition coefficient (Wildman–Crippen LogP) is 2.87. The van der Waals surface area contributed by atoms with E-state index in [1.807, 2.05) is 18.2 Å². The summed E-state index contributed by atoms with van der Waals surface area (Å²) in [6.07, 6.45) is 1.16. The maximum Gasteiger partial charge on any atom is 0.220 e. The van der Waals surface area contributed by atoms with Crippen LogP contribution < -0.4 is 14.8 Å². The van der Waals surface area contributed by atoms with Gasteiger partial charge >= 0.3 is 0 Å². The molecule has 24 heavy (non-hydrogen) atoms. The van der Waals surface area contributed by atoms with E-state index in [0.717, 1.165) is 12.1 Å². The molecule has 0 aliphatic rings. The minimum absolute atomic E-state index is 0.0808. The van der Waals surface area contributed by atoms with E-state index in [4.69, 9.17) is 9.47 Å². The van der Waals surface area contributed by atoms with Crippen molar-refractivity contribution in [1.29, 1.82) is 0 Å². The number of hydrogen-bond donors (Lipinski definition) is 1. The van der Waals surface area contributed by atoms with Crippen molar-refractivity contribution in [3.63, 3.8) is 0 Å². The van der Waals surface area contributed by atoms with E-state index in [1.54, 1.807) is 14.2 Å². The zero-order chi connectivity index (χ0) is 18.1. The molecular weight excluding hydrogens is 304 g/mol. The summed E-state index contributed by atoms with van der Waals surface area (Å²) in [7, 11) is 3.23. The Labute approximate surface area is 146 Å². The highest BCUT2D eigenvalue weighted by Gasteiger charge is 2.13. The molecule has 136 valence electrons. The average Bonchev–Trinajstić information content (AvgIpc) is 2.55. The molecule has 0 aliphatic heterocycles. The van der Waals surface area contributed by atoms with E-state index in [1.165, 1.54) is 0 Å². The van der Waals surface area contributed by atoms with Crippen LogP contribution in [-0.4, -0.2) is 50.2 Å². The third-order valence-electron chi connectivity index (χ3n) is 4.11. The first-order chi connectivity index (χ1) is 11.4. The Hall–Kier alpha value is -1.75. The molecule has 5 nitrogen and oxygen atoms in total. The lowest BCUT2D eigenvalue weighted by atomic mass is 10.1. The Bertz CT molecular complexity index is 507. The molecule has 0 fully saturated rings. The van der Waals surface area contributed by atoms with E-state index < -0.39 is 0 Å². The molecule has 0 atom stereocenters. The molecule has 0 aromatic heterocycles. The van der Waals surface area contributed by atoms with Gasteiger partial charge in [0.15, 0.2) is 11.5 Å². The molecule has 0 spiro atoms. The van der Waals surface area contributed by atoms with Crippen molar-refractivity contribution < 1.29 is 14.3 Å². The number of nitrogens with zero attached hydrogens (tertiary/aromatic N) is 1. The third-order valence-corrected chi connectivity index (χ3v) is 4.11.